The molecule has 3 aliphatic heterocycles. The molecule has 344 valence electrons. The van der Waals surface area contributed by atoms with Crippen molar-refractivity contribution < 1.29 is 52.8 Å². The van der Waals surface area contributed by atoms with Crippen molar-refractivity contribution in [3.8, 4) is 0 Å². The fraction of sp³-hybridized carbons (Fsp3) is 0.852. The number of amides is 1. The number of nitrogens with one attached hydrogen (secondary N) is 4. The standard InChI is InChI=1S/C7H15Cl2N2O3P.C7H15Cl2N2O2P.C5H10ClN2O3P.C4H11Cl2N2O2P.C3H4O.CH4.H2/c8-2-4-11(5-3-9)15(13)10-7(12)1-6-14-15;8-2-5-11(6-3-9)14(12)10-4-1-7-13-14;6-2-3-7-12(10)8-5(9)1-4-11-12;5-1-3-8(4-2-6)11(7,9)10;1-2-3-4;;/h7,12H,1-6H2,(H,10,13);1-7H2,(H,10,12);1-4H2,(H2,7,8,9,10);1-4H2,(H3,7,9,10);2-3H,1H2;1H4;1H. The van der Waals surface area contributed by atoms with Crippen LogP contribution in [0.5, 0.6) is 0 Å². The third kappa shape index (κ3) is 29.4. The average molecular weight is 1050 g/mol. The summed E-state index contributed by atoms with van der Waals surface area (Å²) in [6.45, 7) is 7.60. The summed E-state index contributed by atoms with van der Waals surface area (Å²) in [6.07, 6.45) is 2.61. The van der Waals surface area contributed by atoms with Gasteiger partial charge >= 0.3 is 30.7 Å². The van der Waals surface area contributed by atoms with Crippen molar-refractivity contribution in [1.29, 1.82) is 0 Å². The highest BCUT2D eigenvalue weighted by Crippen LogP contribution is 2.49. The first-order chi connectivity index (χ1) is 26.4. The summed E-state index contributed by atoms with van der Waals surface area (Å²) in [7, 11) is -12.8. The Kier molecular flexibility index (Phi) is 40.4. The molecule has 3 fully saturated rings. The lowest BCUT2D eigenvalue weighted by Crippen LogP contribution is -2.41. The van der Waals surface area contributed by atoms with Gasteiger partial charge in [-0.15, -0.1) is 81.2 Å². The molecule has 0 aromatic carbocycles. The second kappa shape index (κ2) is 36.8. The van der Waals surface area contributed by atoms with Gasteiger partial charge in [-0.25, -0.2) is 39.3 Å². The van der Waals surface area contributed by atoms with Gasteiger partial charge in [0.1, 0.15) is 12.5 Å². The number of nitrogens with zero attached hydrogens (tertiary/aromatic N) is 3. The number of carbonyl (C=O) groups excluding carboxylic acids is 2. The average Bonchev–Trinajstić information content (AvgIpc) is 3.14. The van der Waals surface area contributed by atoms with Crippen LogP contribution in [0.25, 0.3) is 0 Å². The van der Waals surface area contributed by atoms with Crippen molar-refractivity contribution in [3.63, 3.8) is 0 Å². The highest BCUT2D eigenvalue weighted by atomic mass is 35.5. The number of rotatable bonds is 19. The summed E-state index contributed by atoms with van der Waals surface area (Å²) in [5.41, 5.74) is 4.97. The molecule has 3 aliphatic rings. The van der Waals surface area contributed by atoms with Crippen LogP contribution in [-0.2, 0) is 41.4 Å². The molecule has 0 radical (unpaired) electrons. The van der Waals surface area contributed by atoms with Gasteiger partial charge in [0.2, 0.25) is 5.91 Å². The van der Waals surface area contributed by atoms with Crippen molar-refractivity contribution in [3.05, 3.63) is 12.7 Å². The molecular formula is C27H61Cl7N8O11P4. The molecule has 0 aromatic heterocycles. The largest absolute Gasteiger partial charge is 0.378 e. The number of nitrogens with two attached hydrogens (primary N) is 1. The van der Waals surface area contributed by atoms with E-state index >= 15 is 0 Å². The number of aldehydes is 1. The highest BCUT2D eigenvalue weighted by Gasteiger charge is 2.37. The summed E-state index contributed by atoms with van der Waals surface area (Å²) in [4.78, 5) is 28.7. The van der Waals surface area contributed by atoms with E-state index in [1.54, 1.807) is 9.34 Å². The Morgan fingerprint density at radius 3 is 1.70 bits per heavy atom. The molecular weight excluding hydrogens is 984 g/mol. The smallest absolute Gasteiger partial charge is 0.368 e. The quantitative estimate of drug-likeness (QED) is 0.0358. The minimum atomic E-state index is -3.64. The number of allylic oxidation sites excluding steroid dienone is 1. The van der Waals surface area contributed by atoms with Crippen LogP contribution in [0, 0.1) is 0 Å². The normalized spacial score (nSPS) is 25.3. The first kappa shape index (κ1) is 62.6. The predicted molar refractivity (Wildman–Crippen MR) is 237 cm³/mol. The number of hydrogen-bond acceptors (Lipinski definition) is 10. The molecule has 19 nitrogen and oxygen atoms in total. The van der Waals surface area contributed by atoms with E-state index in [0.717, 1.165) is 13.0 Å². The van der Waals surface area contributed by atoms with Crippen LogP contribution >= 0.6 is 112 Å². The van der Waals surface area contributed by atoms with Gasteiger partial charge in [-0.3, -0.25) is 28.4 Å². The van der Waals surface area contributed by atoms with E-state index < -0.39 is 36.9 Å². The Hall–Kier alpha value is 1.35. The molecule has 57 heavy (non-hydrogen) atoms. The van der Waals surface area contributed by atoms with Crippen molar-refractivity contribution in [1.82, 2.24) is 34.4 Å². The monoisotopic (exact) mass is 1040 g/mol. The maximum Gasteiger partial charge on any atom is 0.368 e. The minimum Gasteiger partial charge on any atom is -0.378 e. The Labute approximate surface area is 373 Å². The van der Waals surface area contributed by atoms with Gasteiger partial charge in [-0.2, -0.15) is 0 Å². The summed E-state index contributed by atoms with van der Waals surface area (Å²) in [6, 6.07) is 0. The second-order valence-corrected chi connectivity index (χ2v) is 21.2. The summed E-state index contributed by atoms with van der Waals surface area (Å²) in [5, 5.41) is 19.6. The number of halogens is 7. The van der Waals surface area contributed by atoms with Crippen molar-refractivity contribution in [2.75, 3.05) is 113 Å². The molecule has 5 unspecified atom stereocenters. The van der Waals surface area contributed by atoms with Crippen LogP contribution in [-0.4, -0.2) is 156 Å². The van der Waals surface area contributed by atoms with Crippen LogP contribution in [0.2, 0.25) is 0 Å². The predicted octanol–water partition coefficient (Wildman–Crippen LogP) is 5.62. The molecule has 30 heteroatoms. The molecule has 0 spiro atoms. The number of aliphatic hydroxyl groups is 1. The van der Waals surface area contributed by atoms with E-state index in [1.807, 2.05) is 0 Å². The Morgan fingerprint density at radius 2 is 1.33 bits per heavy atom. The topological polar surface area (TPSA) is 254 Å². The van der Waals surface area contributed by atoms with Crippen LogP contribution in [0.15, 0.2) is 12.7 Å². The van der Waals surface area contributed by atoms with Crippen LogP contribution in [0.3, 0.4) is 0 Å². The van der Waals surface area contributed by atoms with E-state index in [0.29, 0.717) is 81.4 Å². The number of aliphatic hydroxyl groups excluding tert-OH is 1. The molecule has 8 N–H and O–H groups in total. The zero-order chi connectivity index (χ0) is 43.1. The van der Waals surface area contributed by atoms with Crippen LogP contribution in [0.4, 0.5) is 0 Å². The lowest BCUT2D eigenvalue weighted by atomic mass is 10.4. The third-order valence-electron chi connectivity index (χ3n) is 6.46. The van der Waals surface area contributed by atoms with Crippen molar-refractivity contribution in [2.45, 2.75) is 32.9 Å². The fourth-order valence-corrected chi connectivity index (χ4v) is 12.3. The van der Waals surface area contributed by atoms with E-state index in [-0.39, 0.29) is 59.2 Å². The van der Waals surface area contributed by atoms with E-state index in [2.05, 4.69) is 26.9 Å². The van der Waals surface area contributed by atoms with Crippen LogP contribution in [0.1, 0.15) is 28.1 Å². The van der Waals surface area contributed by atoms with Gasteiger partial charge in [-0.1, -0.05) is 14.0 Å². The lowest BCUT2D eigenvalue weighted by Gasteiger charge is -2.35. The molecule has 3 rings (SSSR count). The van der Waals surface area contributed by atoms with Gasteiger partial charge in [0.15, 0.2) is 0 Å². The minimum absolute atomic E-state index is 0. The number of alkyl halides is 7. The molecule has 3 heterocycles. The molecule has 0 saturated carbocycles. The molecule has 1 amide bonds. The van der Waals surface area contributed by atoms with Gasteiger partial charge < -0.3 is 23.6 Å². The van der Waals surface area contributed by atoms with Crippen molar-refractivity contribution in [2.24, 2.45) is 5.50 Å². The van der Waals surface area contributed by atoms with Crippen molar-refractivity contribution >= 4 is 124 Å². The maximum absolute atomic E-state index is 12.2. The van der Waals surface area contributed by atoms with E-state index in [4.69, 9.17) is 110 Å². The first-order valence-electron chi connectivity index (χ1n) is 16.8. The highest BCUT2D eigenvalue weighted by molar-refractivity contribution is 7.55. The summed E-state index contributed by atoms with van der Waals surface area (Å²) < 4.78 is 66.5. The van der Waals surface area contributed by atoms with E-state index in [1.165, 1.54) is 10.7 Å². The Bertz CT molecular complexity index is 1250. The fourth-order valence-electron chi connectivity index (χ4n) is 3.98. The van der Waals surface area contributed by atoms with Gasteiger partial charge in [-0.05, 0) is 12.5 Å². The molecule has 0 bridgehead atoms. The Balaban J connectivity index is -0.000000323. The first-order valence-corrected chi connectivity index (χ1v) is 27.0. The second-order valence-electron chi connectivity index (χ2n) is 10.6. The zero-order valence-electron chi connectivity index (χ0n) is 30.7. The lowest BCUT2D eigenvalue weighted by molar-refractivity contribution is -0.121. The summed E-state index contributed by atoms with van der Waals surface area (Å²) in [5.74, 6) is 2.11. The zero-order valence-corrected chi connectivity index (χ0v) is 39.6. The molecule has 0 aromatic rings. The van der Waals surface area contributed by atoms with Gasteiger partial charge in [0.25, 0.3) is 0 Å². The summed E-state index contributed by atoms with van der Waals surface area (Å²) >= 11 is 38.5. The maximum atomic E-state index is 12.2. The Morgan fingerprint density at radius 1 is 0.860 bits per heavy atom. The van der Waals surface area contributed by atoms with E-state index in [9.17, 15) is 28.2 Å². The SMILES string of the molecule is C.C=CC=O.NP(=O)(O)N(CCCl)CCCl.O=C1CCOP(=O)(NCCCl)N1.O=P1(N(CCCl)CCCl)NC(O)CCO1.O=P1(N(CCCl)CCCl)NCCCO1.[HH]. The number of carbonyl (C=O) groups is 2. The molecule has 3 saturated heterocycles. The van der Waals surface area contributed by atoms with Gasteiger partial charge in [0, 0.05) is 101 Å². The van der Waals surface area contributed by atoms with Crippen LogP contribution < -0.4 is 25.9 Å². The third-order valence-corrected chi connectivity index (χ3v) is 15.2. The molecule has 0 aliphatic carbocycles. The van der Waals surface area contributed by atoms with Gasteiger partial charge in [0.05, 0.1) is 26.2 Å². The number of hydrogen-bond donors (Lipinski definition) is 7. The molecule has 5 atom stereocenters.